The summed E-state index contributed by atoms with van der Waals surface area (Å²) in [6, 6.07) is 7.71. The van der Waals surface area contributed by atoms with E-state index >= 15 is 0 Å². The third kappa shape index (κ3) is 6.91. The summed E-state index contributed by atoms with van der Waals surface area (Å²) in [6.07, 6.45) is 7.78. The zero-order chi connectivity index (χ0) is 17.8. The highest BCUT2D eigenvalue weighted by Gasteiger charge is 2.02. The maximum absolute atomic E-state index is 10.5. The van der Waals surface area contributed by atoms with Crippen molar-refractivity contribution < 1.29 is 9.53 Å². The zero-order valence-corrected chi connectivity index (χ0v) is 14.6. The Balaban J connectivity index is 2.93. The molecule has 0 bridgehead atoms. The lowest BCUT2D eigenvalue weighted by Crippen LogP contribution is -2.16. The van der Waals surface area contributed by atoms with Crippen LogP contribution in [0.2, 0.25) is 0 Å². The number of hydrogen-bond acceptors (Lipinski definition) is 5. The molecule has 0 heterocycles. The molecule has 0 unspecified atom stereocenters. The van der Waals surface area contributed by atoms with Gasteiger partial charge < -0.3 is 10.1 Å². The molecule has 6 heteroatoms. The molecule has 0 atom stereocenters. The van der Waals surface area contributed by atoms with Crippen LogP contribution in [-0.2, 0) is 4.79 Å². The summed E-state index contributed by atoms with van der Waals surface area (Å²) in [5.74, 6) is 0.784. The Kier molecular flexibility index (Phi) is 8.60. The molecule has 0 saturated heterocycles. The van der Waals surface area contributed by atoms with Crippen molar-refractivity contribution in [1.29, 1.82) is 0 Å². The Morgan fingerprint density at radius 2 is 2.21 bits per heavy atom. The first kappa shape index (κ1) is 19.2. The van der Waals surface area contributed by atoms with E-state index in [0.717, 1.165) is 17.0 Å². The molecule has 1 aromatic carbocycles. The van der Waals surface area contributed by atoms with Crippen LogP contribution in [0.15, 0.2) is 58.4 Å². The number of carbonyl (C=O) groups excluding carboxylic acids is 1. The Hall–Kier alpha value is -2.89. The van der Waals surface area contributed by atoms with Crippen molar-refractivity contribution >= 4 is 18.3 Å². The van der Waals surface area contributed by atoms with Crippen LogP contribution >= 0.6 is 0 Å². The SMILES string of the molecule is C\C=C/C=N\C(=C/N(C)/N=C(\C)c1cccc(OC)c1)CNC=O. The minimum Gasteiger partial charge on any atom is -0.497 e. The Bertz CT molecular complexity index is 648. The summed E-state index contributed by atoms with van der Waals surface area (Å²) >= 11 is 0. The van der Waals surface area contributed by atoms with Crippen LogP contribution in [0, 0.1) is 0 Å². The van der Waals surface area contributed by atoms with Crippen LogP contribution in [0.5, 0.6) is 5.75 Å². The number of nitrogens with zero attached hydrogens (tertiary/aromatic N) is 3. The molecule has 0 radical (unpaired) electrons. The number of allylic oxidation sites excluding steroid dienone is 2. The highest BCUT2D eigenvalue weighted by molar-refractivity contribution is 5.98. The number of nitrogens with one attached hydrogen (secondary N) is 1. The van der Waals surface area contributed by atoms with E-state index in [2.05, 4.69) is 15.4 Å². The first-order chi connectivity index (χ1) is 11.6. The third-order valence-electron chi connectivity index (χ3n) is 3.02. The van der Waals surface area contributed by atoms with Gasteiger partial charge in [-0.25, -0.2) is 0 Å². The van der Waals surface area contributed by atoms with Gasteiger partial charge in [0, 0.05) is 25.0 Å². The molecule has 0 aliphatic rings. The molecule has 1 aromatic rings. The number of ether oxygens (including phenoxy) is 1. The van der Waals surface area contributed by atoms with E-state index in [1.807, 2.05) is 57.3 Å². The molecule has 0 aromatic heterocycles. The van der Waals surface area contributed by atoms with Crippen LogP contribution in [0.25, 0.3) is 0 Å². The van der Waals surface area contributed by atoms with Crippen molar-refractivity contribution in [3.63, 3.8) is 0 Å². The highest BCUT2D eigenvalue weighted by Crippen LogP contribution is 2.13. The maximum Gasteiger partial charge on any atom is 0.207 e. The van der Waals surface area contributed by atoms with Gasteiger partial charge in [0.05, 0.1) is 25.1 Å². The van der Waals surface area contributed by atoms with Gasteiger partial charge in [0.2, 0.25) is 6.41 Å². The summed E-state index contributed by atoms with van der Waals surface area (Å²) in [4.78, 5) is 14.8. The largest absolute Gasteiger partial charge is 0.497 e. The van der Waals surface area contributed by atoms with Gasteiger partial charge >= 0.3 is 0 Å². The average Bonchev–Trinajstić information content (AvgIpc) is 2.59. The number of hydrogen-bond donors (Lipinski definition) is 1. The zero-order valence-electron chi connectivity index (χ0n) is 14.6. The monoisotopic (exact) mass is 328 g/mol. The van der Waals surface area contributed by atoms with Crippen LogP contribution in [0.4, 0.5) is 0 Å². The number of methoxy groups -OCH3 is 1. The van der Waals surface area contributed by atoms with Crippen molar-refractivity contribution in [3.8, 4) is 5.75 Å². The molecular weight excluding hydrogens is 304 g/mol. The van der Waals surface area contributed by atoms with Crippen LogP contribution in [0.1, 0.15) is 19.4 Å². The second-order valence-electron chi connectivity index (χ2n) is 4.91. The van der Waals surface area contributed by atoms with Crippen molar-refractivity contribution in [3.05, 3.63) is 53.9 Å². The van der Waals surface area contributed by atoms with Crippen LogP contribution in [0.3, 0.4) is 0 Å². The molecule has 1 rings (SSSR count). The molecule has 6 nitrogen and oxygen atoms in total. The van der Waals surface area contributed by atoms with Crippen LogP contribution in [-0.4, -0.2) is 44.0 Å². The van der Waals surface area contributed by atoms with E-state index in [1.54, 1.807) is 24.5 Å². The van der Waals surface area contributed by atoms with Gasteiger partial charge in [0.1, 0.15) is 5.75 Å². The molecule has 128 valence electrons. The fourth-order valence-electron chi connectivity index (χ4n) is 1.88. The lowest BCUT2D eigenvalue weighted by atomic mass is 10.1. The van der Waals surface area contributed by atoms with Crippen molar-refractivity contribution in [2.24, 2.45) is 10.1 Å². The van der Waals surface area contributed by atoms with Gasteiger partial charge in [0.25, 0.3) is 0 Å². The fourth-order valence-corrected chi connectivity index (χ4v) is 1.88. The molecule has 1 N–H and O–H groups in total. The third-order valence-corrected chi connectivity index (χ3v) is 3.02. The maximum atomic E-state index is 10.5. The molecule has 0 aliphatic heterocycles. The minimum absolute atomic E-state index is 0.329. The van der Waals surface area contributed by atoms with E-state index in [0.29, 0.717) is 18.7 Å². The van der Waals surface area contributed by atoms with Crippen LogP contribution < -0.4 is 10.1 Å². The number of hydrazone groups is 1. The number of aliphatic imine (C=N–C) groups is 1. The van der Waals surface area contributed by atoms with Gasteiger partial charge in [0.15, 0.2) is 0 Å². The topological polar surface area (TPSA) is 66.3 Å². The molecule has 1 amide bonds. The quantitative estimate of drug-likeness (QED) is 0.430. The Morgan fingerprint density at radius 1 is 1.42 bits per heavy atom. The number of benzene rings is 1. The summed E-state index contributed by atoms with van der Waals surface area (Å²) in [6.45, 7) is 4.16. The Labute approximate surface area is 143 Å². The summed E-state index contributed by atoms with van der Waals surface area (Å²) < 4.78 is 5.23. The molecule has 24 heavy (non-hydrogen) atoms. The number of rotatable bonds is 9. The van der Waals surface area contributed by atoms with E-state index in [9.17, 15) is 4.79 Å². The minimum atomic E-state index is 0.329. The average molecular weight is 328 g/mol. The second kappa shape index (κ2) is 10.8. The first-order valence-corrected chi connectivity index (χ1v) is 7.56. The smallest absolute Gasteiger partial charge is 0.207 e. The van der Waals surface area contributed by atoms with Crippen molar-refractivity contribution in [1.82, 2.24) is 10.3 Å². The van der Waals surface area contributed by atoms with Crippen molar-refractivity contribution in [2.75, 3.05) is 20.7 Å². The lowest BCUT2D eigenvalue weighted by Gasteiger charge is -2.12. The molecule has 0 saturated carbocycles. The summed E-state index contributed by atoms with van der Waals surface area (Å²) in [5.41, 5.74) is 2.50. The molecule has 0 aliphatic carbocycles. The van der Waals surface area contributed by atoms with Gasteiger partial charge in [-0.1, -0.05) is 18.2 Å². The second-order valence-corrected chi connectivity index (χ2v) is 4.91. The van der Waals surface area contributed by atoms with Gasteiger partial charge in [-0.15, -0.1) is 0 Å². The predicted octanol–water partition coefficient (Wildman–Crippen LogP) is 2.59. The van der Waals surface area contributed by atoms with Gasteiger partial charge in [-0.05, 0) is 32.1 Å². The predicted molar refractivity (Wildman–Crippen MR) is 98.4 cm³/mol. The molecule has 0 fully saturated rings. The first-order valence-electron chi connectivity index (χ1n) is 7.56. The van der Waals surface area contributed by atoms with E-state index in [-0.39, 0.29) is 0 Å². The number of amides is 1. The highest BCUT2D eigenvalue weighted by atomic mass is 16.5. The normalized spacial score (nSPS) is 12.7. The Morgan fingerprint density at radius 3 is 2.88 bits per heavy atom. The van der Waals surface area contributed by atoms with E-state index < -0.39 is 0 Å². The van der Waals surface area contributed by atoms with E-state index in [4.69, 9.17) is 4.74 Å². The summed E-state index contributed by atoms with van der Waals surface area (Å²) in [7, 11) is 3.45. The van der Waals surface area contributed by atoms with E-state index in [1.165, 1.54) is 0 Å². The van der Waals surface area contributed by atoms with Crippen molar-refractivity contribution in [2.45, 2.75) is 13.8 Å². The van der Waals surface area contributed by atoms with Gasteiger partial charge in [-0.2, -0.15) is 5.10 Å². The molecular formula is C18H24N4O2. The lowest BCUT2D eigenvalue weighted by molar-refractivity contribution is -0.109. The van der Waals surface area contributed by atoms with Gasteiger partial charge in [-0.3, -0.25) is 14.8 Å². The fraction of sp³-hybridized carbons (Fsp3) is 0.278. The number of carbonyl (C=O) groups is 1. The molecule has 0 spiro atoms. The standard InChI is InChI=1S/C18H24N4O2/c1-5-6-10-20-17(12-19-14-23)13-22(3)21-15(2)16-8-7-9-18(11-16)24-4/h5-11,13-14H,12H2,1-4H3,(H,19,23)/b6-5-,17-13-,20-10-,21-15+. The summed E-state index contributed by atoms with van der Waals surface area (Å²) in [5, 5.41) is 8.78.